The molecule has 7 nitrogen and oxygen atoms in total. The summed E-state index contributed by atoms with van der Waals surface area (Å²) in [6.07, 6.45) is 0.236. The molecule has 0 saturated carbocycles. The fourth-order valence-electron chi connectivity index (χ4n) is 2.97. The van der Waals surface area contributed by atoms with Crippen LogP contribution in [0.25, 0.3) is 0 Å². The number of sulfonamides is 1. The summed E-state index contributed by atoms with van der Waals surface area (Å²) in [5.74, 6) is -0.572. The average Bonchev–Trinajstić information content (AvgIpc) is 2.82. The van der Waals surface area contributed by atoms with Crippen molar-refractivity contribution in [3.63, 3.8) is 0 Å². The molecule has 9 heteroatoms. The highest BCUT2D eigenvalue weighted by atomic mass is 32.2. The summed E-state index contributed by atoms with van der Waals surface area (Å²) in [6.45, 7) is 0.281. The van der Waals surface area contributed by atoms with Crippen molar-refractivity contribution in [1.82, 2.24) is 10.0 Å². The fourth-order valence-corrected chi connectivity index (χ4v) is 5.37. The summed E-state index contributed by atoms with van der Waals surface area (Å²) in [4.78, 5) is 12.6. The van der Waals surface area contributed by atoms with Gasteiger partial charge in [-0.15, -0.1) is 0 Å². The van der Waals surface area contributed by atoms with Crippen LogP contribution >= 0.6 is 0 Å². The van der Waals surface area contributed by atoms with Crippen LogP contribution < -0.4 is 10.0 Å². The Labute approximate surface area is 188 Å². The Morgan fingerprint density at radius 1 is 0.750 bits per heavy atom. The van der Waals surface area contributed by atoms with Crippen LogP contribution in [-0.2, 0) is 26.4 Å². The lowest BCUT2D eigenvalue weighted by atomic mass is 10.2. The fraction of sp³-hybridized carbons (Fsp3) is 0.174. The molecule has 1 amide bonds. The van der Waals surface area contributed by atoms with Crippen LogP contribution in [-0.4, -0.2) is 35.0 Å². The Balaban J connectivity index is 1.55. The standard InChI is InChI=1S/C23H24N2O5S2/c26-23(24-15-8-16-31(27,28)21-12-5-2-6-13-21)20-11-7-14-22(17-20)32(29,30)25-18-19-9-3-1-4-10-19/h1-7,9-14,17,25H,8,15-16,18H2,(H,24,26). The van der Waals surface area contributed by atoms with Gasteiger partial charge in [-0.3, -0.25) is 4.79 Å². The lowest BCUT2D eigenvalue weighted by molar-refractivity contribution is 0.0953. The van der Waals surface area contributed by atoms with Gasteiger partial charge in [-0.25, -0.2) is 21.6 Å². The van der Waals surface area contributed by atoms with E-state index in [1.54, 1.807) is 18.2 Å². The Morgan fingerprint density at radius 2 is 1.38 bits per heavy atom. The molecule has 0 atom stereocenters. The summed E-state index contributed by atoms with van der Waals surface area (Å²) in [5.41, 5.74) is 0.994. The molecule has 3 rings (SSSR count). The summed E-state index contributed by atoms with van der Waals surface area (Å²) < 4.78 is 52.2. The van der Waals surface area contributed by atoms with E-state index in [2.05, 4.69) is 10.0 Å². The van der Waals surface area contributed by atoms with Crippen molar-refractivity contribution >= 4 is 25.8 Å². The second kappa shape index (κ2) is 10.5. The SMILES string of the molecule is O=C(NCCCS(=O)(=O)c1ccccc1)c1cccc(S(=O)(=O)NCc2ccccc2)c1. The lowest BCUT2D eigenvalue weighted by Crippen LogP contribution is -2.27. The maximum Gasteiger partial charge on any atom is 0.251 e. The van der Waals surface area contributed by atoms with E-state index in [4.69, 9.17) is 0 Å². The van der Waals surface area contributed by atoms with E-state index >= 15 is 0 Å². The first-order chi connectivity index (χ1) is 15.3. The number of amides is 1. The van der Waals surface area contributed by atoms with Gasteiger partial charge in [0.1, 0.15) is 0 Å². The average molecular weight is 473 g/mol. The van der Waals surface area contributed by atoms with Crippen LogP contribution in [0.15, 0.2) is 94.7 Å². The van der Waals surface area contributed by atoms with Gasteiger partial charge in [0, 0.05) is 18.7 Å². The number of nitrogens with one attached hydrogen (secondary N) is 2. The van der Waals surface area contributed by atoms with Crippen molar-refractivity contribution in [3.8, 4) is 0 Å². The third kappa shape index (κ3) is 6.49. The maximum atomic E-state index is 12.6. The molecule has 0 aromatic heterocycles. The van der Waals surface area contributed by atoms with Crippen molar-refractivity contribution in [3.05, 3.63) is 96.1 Å². The van der Waals surface area contributed by atoms with Gasteiger partial charge in [-0.05, 0) is 42.3 Å². The summed E-state index contributed by atoms with van der Waals surface area (Å²) in [5, 5.41) is 2.64. The quantitative estimate of drug-likeness (QED) is 0.441. The predicted octanol–water partition coefficient (Wildman–Crippen LogP) is 2.76. The summed E-state index contributed by atoms with van der Waals surface area (Å²) in [7, 11) is -7.22. The second-order valence-corrected chi connectivity index (χ2v) is 11.0. The molecular weight excluding hydrogens is 448 g/mol. The number of hydrogen-bond donors (Lipinski definition) is 2. The van der Waals surface area contributed by atoms with Gasteiger partial charge in [-0.2, -0.15) is 0 Å². The van der Waals surface area contributed by atoms with E-state index in [9.17, 15) is 21.6 Å². The molecule has 2 N–H and O–H groups in total. The summed E-state index contributed by atoms with van der Waals surface area (Å²) in [6, 6.07) is 22.9. The minimum atomic E-state index is -3.80. The van der Waals surface area contributed by atoms with Crippen LogP contribution in [0, 0.1) is 0 Å². The molecular formula is C23H24N2O5S2. The molecule has 0 aliphatic carbocycles. The molecule has 168 valence electrons. The molecule has 0 saturated heterocycles. The minimum Gasteiger partial charge on any atom is -0.352 e. The van der Waals surface area contributed by atoms with E-state index in [1.807, 2.05) is 30.3 Å². The van der Waals surface area contributed by atoms with E-state index in [1.165, 1.54) is 36.4 Å². The van der Waals surface area contributed by atoms with Gasteiger partial charge >= 0.3 is 0 Å². The first-order valence-electron chi connectivity index (χ1n) is 9.98. The van der Waals surface area contributed by atoms with Crippen LogP contribution in [0.1, 0.15) is 22.3 Å². The van der Waals surface area contributed by atoms with Crippen LogP contribution in [0.5, 0.6) is 0 Å². The number of rotatable bonds is 10. The van der Waals surface area contributed by atoms with E-state index in [0.717, 1.165) is 5.56 Å². The summed E-state index contributed by atoms with van der Waals surface area (Å²) >= 11 is 0. The minimum absolute atomic E-state index is 0.0206. The molecule has 0 radical (unpaired) electrons. The largest absolute Gasteiger partial charge is 0.352 e. The third-order valence-corrected chi connectivity index (χ3v) is 7.91. The number of sulfone groups is 1. The van der Waals surface area contributed by atoms with Crippen molar-refractivity contribution in [2.75, 3.05) is 12.3 Å². The van der Waals surface area contributed by atoms with Crippen LogP contribution in [0.4, 0.5) is 0 Å². The number of hydrogen-bond acceptors (Lipinski definition) is 5. The highest BCUT2D eigenvalue weighted by molar-refractivity contribution is 7.91. The molecule has 3 aromatic carbocycles. The Kier molecular flexibility index (Phi) is 7.79. The molecule has 32 heavy (non-hydrogen) atoms. The van der Waals surface area contributed by atoms with Gasteiger partial charge in [0.25, 0.3) is 5.91 Å². The zero-order chi connectivity index (χ0) is 23.0. The Bertz CT molecular complexity index is 1260. The molecule has 3 aromatic rings. The highest BCUT2D eigenvalue weighted by Gasteiger charge is 2.17. The first-order valence-corrected chi connectivity index (χ1v) is 13.1. The molecule has 0 unspecified atom stereocenters. The lowest BCUT2D eigenvalue weighted by Gasteiger charge is -2.09. The molecule has 0 heterocycles. The topological polar surface area (TPSA) is 109 Å². The monoisotopic (exact) mass is 472 g/mol. The molecule has 0 bridgehead atoms. The predicted molar refractivity (Wildman–Crippen MR) is 122 cm³/mol. The van der Waals surface area contributed by atoms with E-state index < -0.39 is 25.8 Å². The third-order valence-electron chi connectivity index (χ3n) is 4.69. The Hall–Kier alpha value is -3.01. The van der Waals surface area contributed by atoms with Gasteiger partial charge in [0.05, 0.1) is 15.5 Å². The van der Waals surface area contributed by atoms with Crippen molar-refractivity contribution in [2.45, 2.75) is 22.8 Å². The second-order valence-electron chi connectivity index (χ2n) is 7.08. The zero-order valence-electron chi connectivity index (χ0n) is 17.3. The molecule has 0 fully saturated rings. The maximum absolute atomic E-state index is 12.6. The van der Waals surface area contributed by atoms with Crippen molar-refractivity contribution in [1.29, 1.82) is 0 Å². The Morgan fingerprint density at radius 3 is 2.06 bits per heavy atom. The van der Waals surface area contributed by atoms with E-state index in [0.29, 0.717) is 0 Å². The molecule has 0 spiro atoms. The van der Waals surface area contributed by atoms with Gasteiger partial charge in [0.15, 0.2) is 9.84 Å². The number of carbonyl (C=O) groups excluding carboxylic acids is 1. The highest BCUT2D eigenvalue weighted by Crippen LogP contribution is 2.13. The van der Waals surface area contributed by atoms with Gasteiger partial charge in [0.2, 0.25) is 10.0 Å². The molecule has 0 aliphatic heterocycles. The van der Waals surface area contributed by atoms with Crippen LogP contribution in [0.2, 0.25) is 0 Å². The van der Waals surface area contributed by atoms with Crippen LogP contribution in [0.3, 0.4) is 0 Å². The number of benzene rings is 3. The first kappa shape index (κ1) is 23.6. The zero-order valence-corrected chi connectivity index (χ0v) is 18.9. The number of carbonyl (C=O) groups is 1. The van der Waals surface area contributed by atoms with Gasteiger partial charge < -0.3 is 5.32 Å². The van der Waals surface area contributed by atoms with Crippen molar-refractivity contribution < 1.29 is 21.6 Å². The smallest absolute Gasteiger partial charge is 0.251 e. The van der Waals surface area contributed by atoms with Crippen molar-refractivity contribution in [2.24, 2.45) is 0 Å². The molecule has 0 aliphatic rings. The normalized spacial score (nSPS) is 11.8. The van der Waals surface area contributed by atoms with E-state index in [-0.39, 0.29) is 40.6 Å². The van der Waals surface area contributed by atoms with Gasteiger partial charge in [-0.1, -0.05) is 54.6 Å².